The average Bonchev–Trinajstić information content (AvgIpc) is 2.70. The highest BCUT2D eigenvalue weighted by Gasteiger charge is 2.36. The summed E-state index contributed by atoms with van der Waals surface area (Å²) < 4.78 is 0. The molecule has 1 amide bonds. The summed E-state index contributed by atoms with van der Waals surface area (Å²) >= 11 is 0. The fourth-order valence-corrected chi connectivity index (χ4v) is 3.61. The topological polar surface area (TPSA) is 114 Å². The van der Waals surface area contributed by atoms with Crippen molar-refractivity contribution in [3.8, 4) is 0 Å². The van der Waals surface area contributed by atoms with Gasteiger partial charge in [0.05, 0.1) is 16.7 Å². The number of nitro groups is 1. The van der Waals surface area contributed by atoms with Gasteiger partial charge in [-0.05, 0) is 43.0 Å². The van der Waals surface area contributed by atoms with Crippen LogP contribution >= 0.6 is 0 Å². The number of anilines is 1. The number of nitrogens with zero attached hydrogens (tertiary/aromatic N) is 3. The maximum Gasteiger partial charge on any atom is 0.293 e. The Morgan fingerprint density at radius 3 is 2.76 bits per heavy atom. The van der Waals surface area contributed by atoms with E-state index in [2.05, 4.69) is 10.3 Å². The number of hydrogen-bond acceptors (Lipinski definition) is 6. The lowest BCUT2D eigenvalue weighted by Crippen LogP contribution is -2.54. The Hall–Kier alpha value is -3.00. The molecule has 1 aromatic carbocycles. The van der Waals surface area contributed by atoms with Crippen molar-refractivity contribution in [1.82, 2.24) is 9.88 Å². The zero-order valence-corrected chi connectivity index (χ0v) is 17.0. The third-order valence-electron chi connectivity index (χ3n) is 5.54. The number of hydrogen-bond donors (Lipinski definition) is 2. The Morgan fingerprint density at radius 1 is 1.38 bits per heavy atom. The van der Waals surface area contributed by atoms with E-state index in [9.17, 15) is 14.9 Å². The highest BCUT2D eigenvalue weighted by atomic mass is 16.6. The van der Waals surface area contributed by atoms with Gasteiger partial charge in [-0.3, -0.25) is 19.9 Å². The number of nitrogens with one attached hydrogen (secondary N) is 1. The van der Waals surface area contributed by atoms with Gasteiger partial charge in [-0.1, -0.05) is 19.9 Å². The molecule has 2 aromatic rings. The molecule has 29 heavy (non-hydrogen) atoms. The highest BCUT2D eigenvalue weighted by molar-refractivity contribution is 5.96. The average molecular weight is 397 g/mol. The normalized spacial score (nSPS) is 19.4. The van der Waals surface area contributed by atoms with Gasteiger partial charge in [0.2, 0.25) is 0 Å². The Labute approximate surface area is 170 Å². The smallest absolute Gasteiger partial charge is 0.293 e. The van der Waals surface area contributed by atoms with Crippen LogP contribution in [0.25, 0.3) is 0 Å². The number of nitro benzene ring substituents is 1. The van der Waals surface area contributed by atoms with E-state index in [1.54, 1.807) is 23.2 Å². The van der Waals surface area contributed by atoms with E-state index in [0.717, 1.165) is 5.69 Å². The summed E-state index contributed by atoms with van der Waals surface area (Å²) in [6.07, 6.45) is 2.39. The van der Waals surface area contributed by atoms with Crippen molar-refractivity contribution in [2.45, 2.75) is 39.3 Å². The van der Waals surface area contributed by atoms with Crippen molar-refractivity contribution in [3.63, 3.8) is 0 Å². The number of nitrogens with two attached hydrogens (primary N) is 1. The lowest BCUT2D eigenvalue weighted by Gasteiger charge is -2.42. The molecular formula is C21H27N5O3. The summed E-state index contributed by atoms with van der Waals surface area (Å²) in [5, 5.41) is 14.8. The van der Waals surface area contributed by atoms with Crippen LogP contribution < -0.4 is 11.1 Å². The predicted molar refractivity (Wildman–Crippen MR) is 112 cm³/mol. The summed E-state index contributed by atoms with van der Waals surface area (Å²) in [6, 6.07) is 9.90. The molecule has 0 radical (unpaired) electrons. The molecule has 1 aliphatic rings. The Kier molecular flexibility index (Phi) is 5.83. The molecule has 1 aromatic heterocycles. The number of likely N-dealkylation sites (tertiary alicyclic amines) is 1. The van der Waals surface area contributed by atoms with E-state index in [4.69, 9.17) is 5.73 Å². The molecule has 2 heterocycles. The molecule has 8 heteroatoms. The summed E-state index contributed by atoms with van der Waals surface area (Å²) in [5.41, 5.74) is 7.25. The van der Waals surface area contributed by atoms with E-state index >= 15 is 0 Å². The quantitative estimate of drug-likeness (QED) is 0.590. The number of piperidine rings is 1. The van der Waals surface area contributed by atoms with Crippen molar-refractivity contribution in [1.29, 1.82) is 0 Å². The van der Waals surface area contributed by atoms with Gasteiger partial charge in [0.15, 0.2) is 0 Å². The molecule has 0 saturated carbocycles. The van der Waals surface area contributed by atoms with Crippen LogP contribution in [-0.2, 0) is 0 Å². The molecule has 1 fully saturated rings. The molecular weight excluding hydrogens is 370 g/mol. The van der Waals surface area contributed by atoms with Crippen LogP contribution in [0, 0.1) is 15.5 Å². The highest BCUT2D eigenvalue weighted by Crippen LogP contribution is 2.32. The Bertz CT molecular complexity index is 900. The van der Waals surface area contributed by atoms with E-state index in [1.165, 1.54) is 6.07 Å². The van der Waals surface area contributed by atoms with E-state index in [0.29, 0.717) is 30.8 Å². The number of rotatable bonds is 5. The fraction of sp³-hybridized carbons (Fsp3) is 0.429. The first-order valence-corrected chi connectivity index (χ1v) is 9.70. The van der Waals surface area contributed by atoms with Crippen LogP contribution in [0.2, 0.25) is 0 Å². The molecule has 3 N–H and O–H groups in total. The standard InChI is InChI=1S/C21H27N5O3/c1-14(16-6-4-5-10-23-16)24-17-8-7-15(12-18(17)26(28)29)20(27)25-11-9-19(22)21(2,3)13-25/h4-8,10,12,14,19,24H,9,11,13,22H2,1-3H3. The van der Waals surface area contributed by atoms with Gasteiger partial charge in [-0.25, -0.2) is 0 Å². The number of carbonyl (C=O) groups excluding carboxylic acids is 1. The van der Waals surface area contributed by atoms with Crippen molar-refractivity contribution in [3.05, 3.63) is 64.0 Å². The second kappa shape index (κ2) is 8.16. The van der Waals surface area contributed by atoms with Crippen molar-refractivity contribution in [2.75, 3.05) is 18.4 Å². The van der Waals surface area contributed by atoms with Gasteiger partial charge >= 0.3 is 0 Å². The predicted octanol–water partition coefficient (Wildman–Crippen LogP) is 3.36. The maximum atomic E-state index is 13.0. The SMILES string of the molecule is CC(Nc1ccc(C(=O)N2CCC(N)C(C)(C)C2)cc1[N+](=O)[O-])c1ccccn1. The number of pyridine rings is 1. The zero-order chi connectivity index (χ0) is 21.2. The minimum absolute atomic E-state index is 0.0283. The number of carbonyl (C=O) groups is 1. The third kappa shape index (κ3) is 4.54. The van der Waals surface area contributed by atoms with Gasteiger partial charge in [-0.15, -0.1) is 0 Å². The molecule has 1 saturated heterocycles. The molecule has 2 unspecified atom stereocenters. The number of amides is 1. The second-order valence-corrected chi connectivity index (χ2v) is 8.22. The number of aromatic nitrogens is 1. The maximum absolute atomic E-state index is 13.0. The molecule has 1 aliphatic heterocycles. The van der Waals surface area contributed by atoms with Crippen LogP contribution in [0.3, 0.4) is 0 Å². The van der Waals surface area contributed by atoms with Gasteiger partial charge in [-0.2, -0.15) is 0 Å². The minimum Gasteiger partial charge on any atom is -0.371 e. The first kappa shape index (κ1) is 20.7. The van der Waals surface area contributed by atoms with E-state index < -0.39 is 4.92 Å². The van der Waals surface area contributed by atoms with Crippen molar-refractivity contribution >= 4 is 17.3 Å². The lowest BCUT2D eigenvalue weighted by atomic mass is 9.79. The van der Waals surface area contributed by atoms with Gasteiger partial charge in [0, 0.05) is 37.0 Å². The van der Waals surface area contributed by atoms with Gasteiger partial charge in [0.1, 0.15) is 5.69 Å². The molecule has 8 nitrogen and oxygen atoms in total. The summed E-state index contributed by atoms with van der Waals surface area (Å²) in [6.45, 7) is 7.02. The molecule has 3 rings (SSSR count). The third-order valence-corrected chi connectivity index (χ3v) is 5.54. The fourth-order valence-electron chi connectivity index (χ4n) is 3.61. The van der Waals surface area contributed by atoms with Gasteiger partial charge in [0.25, 0.3) is 11.6 Å². The summed E-state index contributed by atoms with van der Waals surface area (Å²) in [5.74, 6) is -0.211. The second-order valence-electron chi connectivity index (χ2n) is 8.22. The zero-order valence-electron chi connectivity index (χ0n) is 17.0. The van der Waals surface area contributed by atoms with Crippen LogP contribution in [-0.4, -0.2) is 39.8 Å². The minimum atomic E-state index is -0.472. The van der Waals surface area contributed by atoms with Crippen molar-refractivity contribution in [2.24, 2.45) is 11.1 Å². The van der Waals surface area contributed by atoms with E-state index in [1.807, 2.05) is 39.0 Å². The van der Waals surface area contributed by atoms with E-state index in [-0.39, 0.29) is 29.1 Å². The van der Waals surface area contributed by atoms with Crippen LogP contribution in [0.5, 0.6) is 0 Å². The Morgan fingerprint density at radius 2 is 2.14 bits per heavy atom. The summed E-state index contributed by atoms with van der Waals surface area (Å²) in [7, 11) is 0. The van der Waals surface area contributed by atoms with Gasteiger partial charge < -0.3 is 16.0 Å². The summed E-state index contributed by atoms with van der Waals surface area (Å²) in [4.78, 5) is 30.1. The lowest BCUT2D eigenvalue weighted by molar-refractivity contribution is -0.384. The van der Waals surface area contributed by atoms with Crippen LogP contribution in [0.1, 0.15) is 49.3 Å². The largest absolute Gasteiger partial charge is 0.371 e. The monoisotopic (exact) mass is 397 g/mol. The van der Waals surface area contributed by atoms with Crippen molar-refractivity contribution < 1.29 is 9.72 Å². The molecule has 2 atom stereocenters. The molecule has 154 valence electrons. The molecule has 0 aliphatic carbocycles. The van der Waals surface area contributed by atoms with Crippen LogP contribution in [0.4, 0.5) is 11.4 Å². The Balaban J connectivity index is 1.82. The molecule has 0 bridgehead atoms. The number of benzene rings is 1. The first-order chi connectivity index (χ1) is 13.7. The first-order valence-electron chi connectivity index (χ1n) is 9.70. The van der Waals surface area contributed by atoms with Crippen LogP contribution in [0.15, 0.2) is 42.6 Å². The molecule has 0 spiro atoms.